The van der Waals surface area contributed by atoms with E-state index in [1.54, 1.807) is 11.3 Å². The minimum absolute atomic E-state index is 0.269. The molecule has 0 bridgehead atoms. The molecule has 0 atom stereocenters. The molecule has 3 nitrogen and oxygen atoms in total. The van der Waals surface area contributed by atoms with Gasteiger partial charge in [-0.2, -0.15) is 0 Å². The van der Waals surface area contributed by atoms with Crippen LogP contribution in [-0.2, 0) is 11.3 Å². The number of rotatable bonds is 5. The van der Waals surface area contributed by atoms with E-state index in [0.29, 0.717) is 6.54 Å². The molecule has 2 N–H and O–H groups in total. The second-order valence-electron chi connectivity index (χ2n) is 5.44. The van der Waals surface area contributed by atoms with Crippen LogP contribution in [0.3, 0.4) is 0 Å². The number of carbonyl (C=O) groups is 1. The maximum absolute atomic E-state index is 12.9. The predicted octanol–water partition coefficient (Wildman–Crippen LogP) is 3.01. The molecule has 1 aromatic heterocycles. The lowest BCUT2D eigenvalue weighted by Gasteiger charge is -2.38. The van der Waals surface area contributed by atoms with Crippen molar-refractivity contribution in [1.29, 1.82) is 0 Å². The minimum atomic E-state index is -0.286. The lowest BCUT2D eigenvalue weighted by molar-refractivity contribution is -0.144. The van der Waals surface area contributed by atoms with Gasteiger partial charge >= 0.3 is 0 Å². The van der Waals surface area contributed by atoms with Crippen LogP contribution in [0.1, 0.15) is 43.9 Å². The molecule has 1 aromatic rings. The summed E-state index contributed by atoms with van der Waals surface area (Å²) in [5.74, 6) is 0.269. The van der Waals surface area contributed by atoms with Gasteiger partial charge in [0.25, 0.3) is 0 Å². The number of nitrogens with zero attached hydrogens (tertiary/aromatic N) is 1. The number of hydrogen-bond donors (Lipinski definition) is 1. The second-order valence-corrected chi connectivity index (χ2v) is 6.48. The molecule has 1 amide bonds. The van der Waals surface area contributed by atoms with Crippen molar-refractivity contribution in [2.75, 3.05) is 13.1 Å². The van der Waals surface area contributed by atoms with Gasteiger partial charge in [0.05, 0.1) is 12.0 Å². The summed E-state index contributed by atoms with van der Waals surface area (Å²) in [6.45, 7) is 4.04. The Balaban J connectivity index is 2.10. The lowest BCUT2D eigenvalue weighted by atomic mass is 9.73. The molecule has 0 unspecified atom stereocenters. The van der Waals surface area contributed by atoms with Crippen molar-refractivity contribution < 1.29 is 4.79 Å². The molecule has 1 aliphatic carbocycles. The van der Waals surface area contributed by atoms with Gasteiger partial charge in [0, 0.05) is 18.0 Å². The Labute approximate surface area is 119 Å². The Morgan fingerprint density at radius 2 is 2.16 bits per heavy atom. The van der Waals surface area contributed by atoms with Crippen LogP contribution < -0.4 is 5.73 Å². The van der Waals surface area contributed by atoms with Gasteiger partial charge < -0.3 is 10.6 Å². The first-order chi connectivity index (χ1) is 9.22. The number of carbonyl (C=O) groups excluding carboxylic acids is 1. The van der Waals surface area contributed by atoms with Gasteiger partial charge in [0.1, 0.15) is 0 Å². The van der Waals surface area contributed by atoms with E-state index in [0.717, 1.165) is 38.8 Å². The molecule has 1 fully saturated rings. The van der Waals surface area contributed by atoms with Crippen molar-refractivity contribution in [3.63, 3.8) is 0 Å². The molecule has 1 aliphatic rings. The summed E-state index contributed by atoms with van der Waals surface area (Å²) in [5.41, 5.74) is 5.67. The molecular formula is C15H24N2OS. The average molecular weight is 280 g/mol. The van der Waals surface area contributed by atoms with Crippen LogP contribution in [0.25, 0.3) is 0 Å². The van der Waals surface area contributed by atoms with Crippen molar-refractivity contribution >= 4 is 17.2 Å². The third-order valence-electron chi connectivity index (χ3n) is 4.25. The maximum Gasteiger partial charge on any atom is 0.230 e. The van der Waals surface area contributed by atoms with Crippen LogP contribution >= 0.6 is 11.3 Å². The van der Waals surface area contributed by atoms with Gasteiger partial charge in [0.15, 0.2) is 0 Å². The fraction of sp³-hybridized carbons (Fsp3) is 0.667. The smallest absolute Gasteiger partial charge is 0.230 e. The van der Waals surface area contributed by atoms with Gasteiger partial charge in [-0.15, -0.1) is 11.3 Å². The zero-order chi connectivity index (χ0) is 13.7. The van der Waals surface area contributed by atoms with E-state index in [2.05, 4.69) is 18.4 Å². The molecule has 106 valence electrons. The summed E-state index contributed by atoms with van der Waals surface area (Å²) in [7, 11) is 0. The second kappa shape index (κ2) is 6.53. The Hall–Kier alpha value is -0.870. The van der Waals surface area contributed by atoms with Crippen molar-refractivity contribution in [3.8, 4) is 0 Å². The fourth-order valence-corrected chi connectivity index (χ4v) is 3.71. The molecule has 4 heteroatoms. The van der Waals surface area contributed by atoms with Crippen LogP contribution in [0.5, 0.6) is 0 Å². The quantitative estimate of drug-likeness (QED) is 0.901. The van der Waals surface area contributed by atoms with E-state index < -0.39 is 0 Å². The normalized spacial score (nSPS) is 18.2. The first kappa shape index (κ1) is 14.5. The average Bonchev–Trinajstić information content (AvgIpc) is 2.97. The number of thiophene rings is 1. The van der Waals surface area contributed by atoms with E-state index in [1.165, 1.54) is 11.3 Å². The van der Waals surface area contributed by atoms with Crippen molar-refractivity contribution in [3.05, 3.63) is 22.4 Å². The predicted molar refractivity (Wildman–Crippen MR) is 80.0 cm³/mol. The Bertz CT molecular complexity index is 396. The molecule has 0 radical (unpaired) electrons. The van der Waals surface area contributed by atoms with Crippen molar-refractivity contribution in [1.82, 2.24) is 4.90 Å². The van der Waals surface area contributed by atoms with Crippen LogP contribution in [0.15, 0.2) is 17.5 Å². The van der Waals surface area contributed by atoms with Crippen LogP contribution in [0, 0.1) is 5.41 Å². The van der Waals surface area contributed by atoms with Crippen LogP contribution in [0.2, 0.25) is 0 Å². The first-order valence-electron chi connectivity index (χ1n) is 7.23. The minimum Gasteiger partial charge on any atom is -0.337 e. The molecule has 1 saturated carbocycles. The summed E-state index contributed by atoms with van der Waals surface area (Å²) in [6.07, 6.45) is 5.44. The summed E-state index contributed by atoms with van der Waals surface area (Å²) in [6, 6.07) is 4.13. The SMILES string of the molecule is CCN(Cc1cccs1)C(=O)C1(CN)CCCCC1. The summed E-state index contributed by atoms with van der Waals surface area (Å²) in [4.78, 5) is 16.1. The number of nitrogens with two attached hydrogens (primary N) is 1. The Morgan fingerprint density at radius 1 is 1.42 bits per heavy atom. The van der Waals surface area contributed by atoms with E-state index in [4.69, 9.17) is 5.73 Å². The third kappa shape index (κ3) is 3.18. The maximum atomic E-state index is 12.9. The van der Waals surface area contributed by atoms with Gasteiger partial charge in [0.2, 0.25) is 5.91 Å². The molecule has 1 heterocycles. The highest BCUT2D eigenvalue weighted by Gasteiger charge is 2.40. The zero-order valence-electron chi connectivity index (χ0n) is 11.7. The molecule has 0 aliphatic heterocycles. The summed E-state index contributed by atoms with van der Waals surface area (Å²) >= 11 is 1.71. The van der Waals surface area contributed by atoms with Gasteiger partial charge in [-0.3, -0.25) is 4.79 Å². The van der Waals surface area contributed by atoms with Crippen molar-refractivity contribution in [2.24, 2.45) is 11.1 Å². The highest BCUT2D eigenvalue weighted by atomic mass is 32.1. The topological polar surface area (TPSA) is 46.3 Å². The molecule has 0 spiro atoms. The molecule has 0 saturated heterocycles. The highest BCUT2D eigenvalue weighted by Crippen LogP contribution is 2.37. The monoisotopic (exact) mass is 280 g/mol. The number of amides is 1. The van der Waals surface area contributed by atoms with E-state index in [9.17, 15) is 4.79 Å². The molecular weight excluding hydrogens is 256 g/mol. The molecule has 19 heavy (non-hydrogen) atoms. The zero-order valence-corrected chi connectivity index (χ0v) is 12.5. The standard InChI is InChI=1S/C15H24N2OS/c1-2-17(11-13-7-6-10-19-13)14(18)15(12-16)8-4-3-5-9-15/h6-7,10H,2-5,8-9,11-12,16H2,1H3. The third-order valence-corrected chi connectivity index (χ3v) is 5.11. The van der Waals surface area contributed by atoms with E-state index in [-0.39, 0.29) is 11.3 Å². The van der Waals surface area contributed by atoms with Crippen molar-refractivity contribution in [2.45, 2.75) is 45.6 Å². The largest absolute Gasteiger partial charge is 0.337 e. The van der Waals surface area contributed by atoms with Crippen LogP contribution in [-0.4, -0.2) is 23.9 Å². The first-order valence-corrected chi connectivity index (χ1v) is 8.11. The molecule has 0 aromatic carbocycles. The molecule has 2 rings (SSSR count). The van der Waals surface area contributed by atoms with Gasteiger partial charge in [-0.1, -0.05) is 25.3 Å². The van der Waals surface area contributed by atoms with Crippen LogP contribution in [0.4, 0.5) is 0 Å². The summed E-state index contributed by atoms with van der Waals surface area (Å²) < 4.78 is 0. The van der Waals surface area contributed by atoms with Gasteiger partial charge in [-0.05, 0) is 31.2 Å². The highest BCUT2D eigenvalue weighted by molar-refractivity contribution is 7.09. The lowest BCUT2D eigenvalue weighted by Crippen LogP contribution is -2.48. The summed E-state index contributed by atoms with van der Waals surface area (Å²) in [5, 5.41) is 2.06. The number of hydrogen-bond acceptors (Lipinski definition) is 3. The fourth-order valence-electron chi connectivity index (χ4n) is 2.99. The van der Waals surface area contributed by atoms with Gasteiger partial charge in [-0.25, -0.2) is 0 Å². The Kier molecular flexibility index (Phi) is 4.99. The van der Waals surface area contributed by atoms with E-state index in [1.807, 2.05) is 11.0 Å². The Morgan fingerprint density at radius 3 is 2.68 bits per heavy atom. The van der Waals surface area contributed by atoms with E-state index >= 15 is 0 Å².